The van der Waals surface area contributed by atoms with Crippen molar-refractivity contribution in [3.05, 3.63) is 29.8 Å². The number of benzene rings is 1. The fourth-order valence-electron chi connectivity index (χ4n) is 2.90. The molecule has 1 aromatic carbocycles. The van der Waals surface area contributed by atoms with Crippen LogP contribution in [0.5, 0.6) is 0 Å². The molecule has 1 atom stereocenters. The first-order chi connectivity index (χ1) is 11.8. The van der Waals surface area contributed by atoms with Gasteiger partial charge in [-0.1, -0.05) is 13.8 Å². The molecule has 25 heavy (non-hydrogen) atoms. The first-order valence-corrected chi connectivity index (χ1v) is 9.97. The normalized spacial score (nSPS) is 17.4. The lowest BCUT2D eigenvalue weighted by Crippen LogP contribution is -2.51. The topological polar surface area (TPSA) is 87.7 Å². The van der Waals surface area contributed by atoms with Crippen LogP contribution in [0.25, 0.3) is 0 Å². The molecule has 1 fully saturated rings. The molecule has 0 bridgehead atoms. The molecular formula is C17H27N3O4S. The first-order valence-electron chi connectivity index (χ1n) is 8.48. The smallest absolute Gasteiger partial charge is 0.251 e. The maximum atomic E-state index is 12.4. The van der Waals surface area contributed by atoms with Gasteiger partial charge < -0.3 is 10.1 Å². The lowest BCUT2D eigenvalue weighted by Gasteiger charge is -2.36. The van der Waals surface area contributed by atoms with Crippen LogP contribution in [0.1, 0.15) is 24.2 Å². The van der Waals surface area contributed by atoms with Gasteiger partial charge in [-0.15, -0.1) is 0 Å². The summed E-state index contributed by atoms with van der Waals surface area (Å²) in [4.78, 5) is 14.8. The quantitative estimate of drug-likeness (QED) is 0.738. The highest BCUT2D eigenvalue weighted by molar-refractivity contribution is 7.89. The Labute approximate surface area is 149 Å². The van der Waals surface area contributed by atoms with E-state index in [1.54, 1.807) is 0 Å². The summed E-state index contributed by atoms with van der Waals surface area (Å²) in [6, 6.07) is 6.17. The van der Waals surface area contributed by atoms with E-state index in [2.05, 4.69) is 28.8 Å². The lowest BCUT2D eigenvalue weighted by molar-refractivity contribution is 0.00672. The van der Waals surface area contributed by atoms with Gasteiger partial charge >= 0.3 is 0 Å². The molecule has 0 radical (unpaired) electrons. The van der Waals surface area contributed by atoms with Crippen molar-refractivity contribution >= 4 is 15.9 Å². The molecule has 1 heterocycles. The molecule has 0 spiro atoms. The van der Waals surface area contributed by atoms with E-state index in [9.17, 15) is 13.2 Å². The summed E-state index contributed by atoms with van der Waals surface area (Å²) in [6.45, 7) is 8.02. The van der Waals surface area contributed by atoms with Crippen molar-refractivity contribution in [2.75, 3.05) is 39.9 Å². The van der Waals surface area contributed by atoms with Gasteiger partial charge in [0.15, 0.2) is 0 Å². The Bertz CT molecular complexity index is 668. The van der Waals surface area contributed by atoms with Crippen LogP contribution >= 0.6 is 0 Å². The van der Waals surface area contributed by atoms with Crippen molar-refractivity contribution in [1.29, 1.82) is 0 Å². The van der Waals surface area contributed by atoms with E-state index in [0.29, 0.717) is 18.0 Å². The van der Waals surface area contributed by atoms with Crippen molar-refractivity contribution in [1.82, 2.24) is 14.9 Å². The molecule has 0 aliphatic carbocycles. The third-order valence-corrected chi connectivity index (χ3v) is 5.88. The number of hydrogen-bond acceptors (Lipinski definition) is 5. The summed E-state index contributed by atoms with van der Waals surface area (Å²) in [6.07, 6.45) is 0. The minimum Gasteiger partial charge on any atom is -0.379 e. The molecule has 1 aliphatic rings. The molecule has 1 aromatic rings. The predicted octanol–water partition coefficient (Wildman–Crippen LogP) is 0.681. The Morgan fingerprint density at radius 1 is 1.20 bits per heavy atom. The van der Waals surface area contributed by atoms with Crippen LogP contribution in [0, 0.1) is 5.92 Å². The fourth-order valence-corrected chi connectivity index (χ4v) is 3.63. The van der Waals surface area contributed by atoms with Crippen molar-refractivity contribution in [3.63, 3.8) is 0 Å². The van der Waals surface area contributed by atoms with Crippen LogP contribution in [0.2, 0.25) is 0 Å². The molecule has 8 heteroatoms. The molecule has 2 rings (SSSR count). The molecular weight excluding hydrogens is 342 g/mol. The van der Waals surface area contributed by atoms with Crippen molar-refractivity contribution in [2.24, 2.45) is 5.92 Å². The summed E-state index contributed by atoms with van der Waals surface area (Å²) >= 11 is 0. The van der Waals surface area contributed by atoms with Crippen LogP contribution in [-0.4, -0.2) is 65.2 Å². The zero-order chi connectivity index (χ0) is 18.4. The Balaban J connectivity index is 1.98. The van der Waals surface area contributed by atoms with Gasteiger partial charge in [0.25, 0.3) is 5.91 Å². The third-order valence-electron chi connectivity index (χ3n) is 4.45. The lowest BCUT2D eigenvalue weighted by atomic mass is 10.0. The average molecular weight is 369 g/mol. The highest BCUT2D eigenvalue weighted by Gasteiger charge is 2.24. The van der Waals surface area contributed by atoms with Crippen LogP contribution in [-0.2, 0) is 14.8 Å². The van der Waals surface area contributed by atoms with Gasteiger partial charge in [-0.3, -0.25) is 9.69 Å². The van der Waals surface area contributed by atoms with Gasteiger partial charge in [0, 0.05) is 31.2 Å². The Kier molecular flexibility index (Phi) is 6.95. The van der Waals surface area contributed by atoms with Gasteiger partial charge in [0.05, 0.1) is 18.1 Å². The van der Waals surface area contributed by atoms with E-state index >= 15 is 0 Å². The number of carbonyl (C=O) groups excluding carboxylic acids is 1. The molecule has 0 unspecified atom stereocenters. The van der Waals surface area contributed by atoms with Crippen LogP contribution in [0.4, 0.5) is 0 Å². The van der Waals surface area contributed by atoms with Gasteiger partial charge in [-0.2, -0.15) is 0 Å². The number of ether oxygens (including phenoxy) is 1. The predicted molar refractivity (Wildman–Crippen MR) is 96.0 cm³/mol. The number of sulfonamides is 1. The van der Waals surface area contributed by atoms with E-state index in [4.69, 9.17) is 4.74 Å². The SMILES string of the molecule is CNS(=O)(=O)c1ccc(C(=O)NC[C@@H](C(C)C)N2CCOCC2)cc1. The number of rotatable bonds is 7. The number of nitrogens with zero attached hydrogens (tertiary/aromatic N) is 1. The van der Waals surface area contributed by atoms with Gasteiger partial charge in [-0.05, 0) is 37.2 Å². The maximum Gasteiger partial charge on any atom is 0.251 e. The van der Waals surface area contributed by atoms with E-state index in [1.807, 2.05) is 0 Å². The highest BCUT2D eigenvalue weighted by Crippen LogP contribution is 2.13. The molecule has 1 amide bonds. The Morgan fingerprint density at radius 2 is 1.80 bits per heavy atom. The van der Waals surface area contributed by atoms with Crippen LogP contribution in [0.3, 0.4) is 0 Å². The molecule has 1 saturated heterocycles. The van der Waals surface area contributed by atoms with E-state index in [0.717, 1.165) is 26.3 Å². The molecule has 7 nitrogen and oxygen atoms in total. The summed E-state index contributed by atoms with van der Waals surface area (Å²) < 4.78 is 31.1. The molecule has 0 saturated carbocycles. The van der Waals surface area contributed by atoms with Gasteiger partial charge in [-0.25, -0.2) is 13.1 Å². The van der Waals surface area contributed by atoms with Gasteiger partial charge in [0.1, 0.15) is 0 Å². The number of nitrogens with one attached hydrogen (secondary N) is 2. The highest BCUT2D eigenvalue weighted by atomic mass is 32.2. The van der Waals surface area contributed by atoms with E-state index in [1.165, 1.54) is 31.3 Å². The summed E-state index contributed by atoms with van der Waals surface area (Å²) in [5.74, 6) is 0.203. The number of hydrogen-bond donors (Lipinski definition) is 2. The second-order valence-electron chi connectivity index (χ2n) is 6.40. The average Bonchev–Trinajstić information content (AvgIpc) is 2.62. The van der Waals surface area contributed by atoms with Crippen molar-refractivity contribution in [3.8, 4) is 0 Å². The largest absolute Gasteiger partial charge is 0.379 e. The first kappa shape index (κ1) is 19.8. The summed E-state index contributed by atoms with van der Waals surface area (Å²) in [5, 5.41) is 2.96. The zero-order valence-electron chi connectivity index (χ0n) is 15.0. The summed E-state index contributed by atoms with van der Waals surface area (Å²) in [5.41, 5.74) is 0.444. The minimum absolute atomic E-state index is 0.139. The van der Waals surface area contributed by atoms with Crippen LogP contribution < -0.4 is 10.0 Å². The monoisotopic (exact) mass is 369 g/mol. The van der Waals surface area contributed by atoms with Gasteiger partial charge in [0.2, 0.25) is 10.0 Å². The molecule has 140 valence electrons. The van der Waals surface area contributed by atoms with Crippen molar-refractivity contribution in [2.45, 2.75) is 24.8 Å². The second kappa shape index (κ2) is 8.75. The third kappa shape index (κ3) is 5.24. The van der Waals surface area contributed by atoms with Crippen molar-refractivity contribution < 1.29 is 17.9 Å². The maximum absolute atomic E-state index is 12.4. The number of morpholine rings is 1. The number of amides is 1. The Morgan fingerprint density at radius 3 is 2.32 bits per heavy atom. The second-order valence-corrected chi connectivity index (χ2v) is 8.29. The van der Waals surface area contributed by atoms with E-state index in [-0.39, 0.29) is 16.8 Å². The van der Waals surface area contributed by atoms with E-state index < -0.39 is 10.0 Å². The zero-order valence-corrected chi connectivity index (χ0v) is 15.8. The Hall–Kier alpha value is -1.48. The molecule has 1 aliphatic heterocycles. The summed E-state index contributed by atoms with van der Waals surface area (Å²) in [7, 11) is -2.14. The van der Waals surface area contributed by atoms with Crippen LogP contribution in [0.15, 0.2) is 29.2 Å². The minimum atomic E-state index is -3.49. The fraction of sp³-hybridized carbons (Fsp3) is 0.588. The number of carbonyl (C=O) groups is 1. The molecule has 2 N–H and O–H groups in total. The molecule has 0 aromatic heterocycles. The standard InChI is InChI=1S/C17H27N3O4S/c1-13(2)16(20-8-10-24-11-9-20)12-19-17(21)14-4-6-15(7-5-14)25(22,23)18-3/h4-7,13,16,18H,8-12H2,1-3H3,(H,19,21)/t16-/m0/s1.